The standard InChI is InChI=1S/C25H42O5/c1-2-3-4-5-6-7-8-9-10-11-12-13-14-15-16-17-18-20-21(25(29)30)19-22(26)24(28)23(20)27/h19,26-28H,2-18H2,1H3,(H,29,30). The monoisotopic (exact) mass is 422 g/mol. The number of hydrogen-bond acceptors (Lipinski definition) is 4. The number of unbranched alkanes of at least 4 members (excludes halogenated alkanes) is 15. The van der Waals surface area contributed by atoms with Crippen molar-refractivity contribution in [2.24, 2.45) is 0 Å². The van der Waals surface area contributed by atoms with Gasteiger partial charge in [-0.1, -0.05) is 103 Å². The Bertz CT molecular complexity index is 612. The number of aromatic hydroxyl groups is 3. The van der Waals surface area contributed by atoms with Gasteiger partial charge in [-0.05, 0) is 18.9 Å². The maximum Gasteiger partial charge on any atom is 0.336 e. The van der Waals surface area contributed by atoms with E-state index in [4.69, 9.17) is 0 Å². The van der Waals surface area contributed by atoms with E-state index in [0.29, 0.717) is 6.42 Å². The molecule has 0 atom stereocenters. The normalized spacial score (nSPS) is 11.1. The second kappa shape index (κ2) is 15.9. The number of carboxylic acids is 1. The summed E-state index contributed by atoms with van der Waals surface area (Å²) < 4.78 is 0. The van der Waals surface area contributed by atoms with Gasteiger partial charge in [-0.3, -0.25) is 0 Å². The predicted octanol–water partition coefficient (Wildman–Crippen LogP) is 7.31. The van der Waals surface area contributed by atoms with Crippen LogP contribution in [0.25, 0.3) is 0 Å². The van der Waals surface area contributed by atoms with Gasteiger partial charge in [0.15, 0.2) is 11.5 Å². The van der Waals surface area contributed by atoms with Crippen LogP contribution in [0.1, 0.15) is 126 Å². The third-order valence-electron chi connectivity index (χ3n) is 5.87. The van der Waals surface area contributed by atoms with Gasteiger partial charge in [-0.2, -0.15) is 0 Å². The molecule has 0 aromatic heterocycles. The number of benzene rings is 1. The van der Waals surface area contributed by atoms with Crippen LogP contribution < -0.4 is 0 Å². The molecule has 0 heterocycles. The summed E-state index contributed by atoms with van der Waals surface area (Å²) in [5.41, 5.74) is 0.0481. The summed E-state index contributed by atoms with van der Waals surface area (Å²) in [7, 11) is 0. The summed E-state index contributed by atoms with van der Waals surface area (Å²) >= 11 is 0. The Balaban J connectivity index is 2.04. The molecule has 0 fully saturated rings. The van der Waals surface area contributed by atoms with E-state index >= 15 is 0 Å². The van der Waals surface area contributed by atoms with Crippen molar-refractivity contribution in [1.29, 1.82) is 0 Å². The zero-order valence-corrected chi connectivity index (χ0v) is 18.8. The van der Waals surface area contributed by atoms with E-state index in [1.807, 2.05) is 0 Å². The smallest absolute Gasteiger partial charge is 0.336 e. The molecule has 4 N–H and O–H groups in total. The molecular weight excluding hydrogens is 380 g/mol. The van der Waals surface area contributed by atoms with Gasteiger partial charge in [0.25, 0.3) is 0 Å². The van der Waals surface area contributed by atoms with Crippen LogP contribution in [0.4, 0.5) is 0 Å². The van der Waals surface area contributed by atoms with Crippen LogP contribution in [0.15, 0.2) is 6.07 Å². The second-order valence-electron chi connectivity index (χ2n) is 8.48. The van der Waals surface area contributed by atoms with Gasteiger partial charge in [0, 0.05) is 5.56 Å². The second-order valence-corrected chi connectivity index (χ2v) is 8.48. The fourth-order valence-electron chi connectivity index (χ4n) is 3.98. The molecule has 0 aliphatic carbocycles. The van der Waals surface area contributed by atoms with Crippen LogP contribution in [0.2, 0.25) is 0 Å². The number of phenolic OH excluding ortho intramolecular Hbond substituents is 3. The van der Waals surface area contributed by atoms with E-state index in [1.54, 1.807) is 0 Å². The zero-order valence-electron chi connectivity index (χ0n) is 18.8. The molecular formula is C25H42O5. The van der Waals surface area contributed by atoms with E-state index in [0.717, 1.165) is 25.3 Å². The molecule has 1 aromatic carbocycles. The first-order chi connectivity index (χ1) is 14.5. The maximum absolute atomic E-state index is 11.3. The molecule has 1 aromatic rings. The summed E-state index contributed by atoms with van der Waals surface area (Å²) in [6, 6.07) is 0.999. The minimum atomic E-state index is -1.22. The van der Waals surface area contributed by atoms with Gasteiger partial charge >= 0.3 is 5.97 Å². The van der Waals surface area contributed by atoms with Crippen LogP contribution >= 0.6 is 0 Å². The van der Waals surface area contributed by atoms with Crippen LogP contribution in [0, 0.1) is 0 Å². The van der Waals surface area contributed by atoms with E-state index in [9.17, 15) is 25.2 Å². The number of aromatic carboxylic acids is 1. The summed E-state index contributed by atoms with van der Waals surface area (Å²) in [5.74, 6) is -2.99. The Kier molecular flexibility index (Phi) is 13.8. The fourth-order valence-corrected chi connectivity index (χ4v) is 3.98. The quantitative estimate of drug-likeness (QED) is 0.147. The average molecular weight is 423 g/mol. The van der Waals surface area contributed by atoms with Crippen molar-refractivity contribution in [2.45, 2.75) is 116 Å². The highest BCUT2D eigenvalue weighted by Crippen LogP contribution is 2.40. The number of rotatable bonds is 18. The van der Waals surface area contributed by atoms with Crippen molar-refractivity contribution in [2.75, 3.05) is 0 Å². The first kappa shape index (κ1) is 26.1. The zero-order chi connectivity index (χ0) is 22.2. The van der Waals surface area contributed by atoms with E-state index < -0.39 is 23.2 Å². The Morgan fingerprint density at radius 1 is 0.667 bits per heavy atom. The van der Waals surface area contributed by atoms with Crippen LogP contribution in [0.5, 0.6) is 17.2 Å². The molecule has 1 rings (SSSR count). The fraction of sp³-hybridized carbons (Fsp3) is 0.720. The van der Waals surface area contributed by atoms with Gasteiger partial charge < -0.3 is 20.4 Å². The Morgan fingerprint density at radius 2 is 1.07 bits per heavy atom. The Hall–Kier alpha value is -1.91. The molecule has 0 bridgehead atoms. The van der Waals surface area contributed by atoms with Gasteiger partial charge in [0.05, 0.1) is 5.56 Å². The number of carboxylic acid groups (broad SMARTS) is 1. The first-order valence-corrected chi connectivity index (χ1v) is 12.0. The maximum atomic E-state index is 11.3. The summed E-state index contributed by atoms with van der Waals surface area (Å²) in [4.78, 5) is 11.3. The SMILES string of the molecule is CCCCCCCCCCCCCCCCCCc1c(C(=O)O)cc(O)c(O)c1O. The third kappa shape index (κ3) is 10.2. The number of hydrogen-bond donors (Lipinski definition) is 4. The van der Waals surface area contributed by atoms with Crippen LogP contribution in [-0.4, -0.2) is 26.4 Å². The molecule has 0 saturated carbocycles. The third-order valence-corrected chi connectivity index (χ3v) is 5.87. The summed E-state index contributed by atoms with van der Waals surface area (Å²) in [6.45, 7) is 2.26. The molecule has 0 unspecified atom stereocenters. The first-order valence-electron chi connectivity index (χ1n) is 12.0. The van der Waals surface area contributed by atoms with Gasteiger partial charge in [0.1, 0.15) is 0 Å². The molecule has 0 saturated heterocycles. The summed E-state index contributed by atoms with van der Waals surface area (Å²) in [5, 5.41) is 38.3. The van der Waals surface area contributed by atoms with Crippen molar-refractivity contribution in [3.05, 3.63) is 17.2 Å². The van der Waals surface area contributed by atoms with Crippen molar-refractivity contribution in [3.8, 4) is 17.2 Å². The van der Waals surface area contributed by atoms with E-state index in [1.165, 1.54) is 83.5 Å². The lowest BCUT2D eigenvalue weighted by Gasteiger charge is -2.11. The minimum Gasteiger partial charge on any atom is -0.504 e. The largest absolute Gasteiger partial charge is 0.504 e. The van der Waals surface area contributed by atoms with Crippen molar-refractivity contribution < 1.29 is 25.2 Å². The molecule has 172 valence electrons. The lowest BCUT2D eigenvalue weighted by molar-refractivity contribution is 0.0694. The minimum absolute atomic E-state index is 0.149. The topological polar surface area (TPSA) is 98.0 Å². The highest BCUT2D eigenvalue weighted by atomic mass is 16.4. The van der Waals surface area contributed by atoms with Crippen molar-refractivity contribution in [1.82, 2.24) is 0 Å². The molecule has 5 nitrogen and oxygen atoms in total. The van der Waals surface area contributed by atoms with Gasteiger partial charge in [-0.25, -0.2) is 4.79 Å². The van der Waals surface area contributed by atoms with Crippen LogP contribution in [0.3, 0.4) is 0 Å². The Morgan fingerprint density at radius 3 is 1.47 bits per heavy atom. The highest BCUT2D eigenvalue weighted by molar-refractivity contribution is 5.91. The molecule has 5 heteroatoms. The molecule has 0 amide bonds. The summed E-state index contributed by atoms with van der Waals surface area (Å²) in [6.07, 6.45) is 20.6. The lowest BCUT2D eigenvalue weighted by atomic mass is 9.98. The Labute approximate surface area is 182 Å². The van der Waals surface area contributed by atoms with E-state index in [-0.39, 0.29) is 11.1 Å². The average Bonchev–Trinajstić information content (AvgIpc) is 2.72. The molecule has 0 aliphatic heterocycles. The van der Waals surface area contributed by atoms with Crippen LogP contribution in [-0.2, 0) is 6.42 Å². The molecule has 0 aliphatic rings. The van der Waals surface area contributed by atoms with Crippen molar-refractivity contribution in [3.63, 3.8) is 0 Å². The predicted molar refractivity (Wildman–Crippen MR) is 122 cm³/mol. The number of carbonyl (C=O) groups is 1. The molecule has 0 radical (unpaired) electrons. The number of phenols is 3. The highest BCUT2D eigenvalue weighted by Gasteiger charge is 2.20. The van der Waals surface area contributed by atoms with Crippen molar-refractivity contribution >= 4 is 5.97 Å². The molecule has 0 spiro atoms. The lowest BCUT2D eigenvalue weighted by Crippen LogP contribution is -2.03. The van der Waals surface area contributed by atoms with Gasteiger partial charge in [-0.15, -0.1) is 0 Å². The van der Waals surface area contributed by atoms with Gasteiger partial charge in [0.2, 0.25) is 5.75 Å². The molecule has 30 heavy (non-hydrogen) atoms. The van der Waals surface area contributed by atoms with E-state index in [2.05, 4.69) is 6.92 Å².